The fourth-order valence-electron chi connectivity index (χ4n) is 2.76. The molecule has 1 fully saturated rings. The predicted octanol–water partition coefficient (Wildman–Crippen LogP) is 6.31. The van der Waals surface area contributed by atoms with Crippen molar-refractivity contribution in [2.45, 2.75) is 26.7 Å². The molecule has 0 aliphatic heterocycles. The molecule has 0 N–H and O–H groups in total. The van der Waals surface area contributed by atoms with Crippen LogP contribution in [0, 0.1) is 0 Å². The number of aliphatic imine (C=N–C) groups is 1. The number of nitrogens with zero attached hydrogens (tertiary/aromatic N) is 2. The van der Waals surface area contributed by atoms with Crippen molar-refractivity contribution >= 4 is 29.2 Å². The summed E-state index contributed by atoms with van der Waals surface area (Å²) in [5.74, 6) is 1.64. The third-order valence-electron chi connectivity index (χ3n) is 4.22. The van der Waals surface area contributed by atoms with Crippen LogP contribution in [-0.4, -0.2) is 13.3 Å². The standard InChI is InChI=1S/C22H23ClN2O/c1-4-20(24-5-2)19-15-17(23)13-14-21(19)26-22(16-11-12-16)25(3)18-9-7-6-8-10-18/h4-10,13-15H,11-12H2,1-3H3/b20-4-,24-5?. The summed E-state index contributed by atoms with van der Waals surface area (Å²) in [6.45, 7) is 3.86. The molecule has 0 heterocycles. The molecule has 1 saturated carbocycles. The van der Waals surface area contributed by atoms with Gasteiger partial charge in [0.1, 0.15) is 5.75 Å². The number of halogens is 1. The lowest BCUT2D eigenvalue weighted by atomic mass is 10.1. The molecule has 0 spiro atoms. The van der Waals surface area contributed by atoms with Gasteiger partial charge in [-0.3, -0.25) is 4.99 Å². The maximum absolute atomic E-state index is 6.40. The number of anilines is 1. The molecule has 3 nitrogen and oxygen atoms in total. The van der Waals surface area contributed by atoms with Crippen molar-refractivity contribution in [1.29, 1.82) is 0 Å². The van der Waals surface area contributed by atoms with Crippen LogP contribution in [0.25, 0.3) is 5.70 Å². The van der Waals surface area contributed by atoms with Gasteiger partial charge in [-0.1, -0.05) is 35.9 Å². The topological polar surface area (TPSA) is 24.8 Å². The molecule has 0 atom stereocenters. The number of benzene rings is 2. The van der Waals surface area contributed by atoms with E-state index in [2.05, 4.69) is 22.0 Å². The highest BCUT2D eigenvalue weighted by atomic mass is 35.5. The van der Waals surface area contributed by atoms with Crippen LogP contribution in [-0.2, 0) is 0 Å². The summed E-state index contributed by atoms with van der Waals surface area (Å²) in [5, 5.41) is 0.662. The molecule has 4 heteroatoms. The zero-order valence-electron chi connectivity index (χ0n) is 15.4. The second-order valence-electron chi connectivity index (χ2n) is 6.11. The van der Waals surface area contributed by atoms with Gasteiger partial charge in [-0.05, 0) is 62.6 Å². The first kappa shape index (κ1) is 18.3. The molecule has 0 radical (unpaired) electrons. The zero-order chi connectivity index (χ0) is 18.5. The summed E-state index contributed by atoms with van der Waals surface area (Å²) in [6, 6.07) is 15.9. The van der Waals surface area contributed by atoms with Gasteiger partial charge in [0.15, 0.2) is 5.88 Å². The van der Waals surface area contributed by atoms with E-state index >= 15 is 0 Å². The number of rotatable bonds is 6. The van der Waals surface area contributed by atoms with Gasteiger partial charge < -0.3 is 9.64 Å². The lowest BCUT2D eigenvalue weighted by Gasteiger charge is -2.24. The third-order valence-corrected chi connectivity index (χ3v) is 4.45. The molecular weight excluding hydrogens is 344 g/mol. The fraction of sp³-hybridized carbons (Fsp3) is 0.227. The Morgan fingerprint density at radius 2 is 1.85 bits per heavy atom. The summed E-state index contributed by atoms with van der Waals surface area (Å²) in [6.07, 6.45) is 5.87. The molecule has 1 aliphatic rings. The molecule has 3 rings (SSSR count). The van der Waals surface area contributed by atoms with Gasteiger partial charge in [0.05, 0.1) is 5.70 Å². The molecule has 26 heavy (non-hydrogen) atoms. The maximum atomic E-state index is 6.40. The summed E-state index contributed by atoms with van der Waals surface area (Å²) in [5.41, 5.74) is 4.14. The monoisotopic (exact) mass is 366 g/mol. The van der Waals surface area contributed by atoms with Gasteiger partial charge in [-0.25, -0.2) is 0 Å². The largest absolute Gasteiger partial charge is 0.440 e. The van der Waals surface area contributed by atoms with E-state index in [1.54, 1.807) is 6.21 Å². The highest BCUT2D eigenvalue weighted by Crippen LogP contribution is 2.38. The van der Waals surface area contributed by atoms with Crippen molar-refractivity contribution in [2.24, 2.45) is 4.99 Å². The average Bonchev–Trinajstić information content (AvgIpc) is 3.50. The predicted molar refractivity (Wildman–Crippen MR) is 111 cm³/mol. The smallest absolute Gasteiger partial charge is 0.199 e. The molecular formula is C22H23ClN2O. The zero-order valence-corrected chi connectivity index (χ0v) is 16.1. The van der Waals surface area contributed by atoms with Gasteiger partial charge in [0.25, 0.3) is 0 Å². The van der Waals surface area contributed by atoms with Gasteiger partial charge in [0.2, 0.25) is 0 Å². The third kappa shape index (κ3) is 4.17. The van der Waals surface area contributed by atoms with Crippen LogP contribution < -0.4 is 9.64 Å². The van der Waals surface area contributed by atoms with Gasteiger partial charge in [-0.2, -0.15) is 0 Å². The van der Waals surface area contributed by atoms with Crippen LogP contribution in [0.5, 0.6) is 5.75 Å². The van der Waals surface area contributed by atoms with E-state index in [0.29, 0.717) is 5.02 Å². The van der Waals surface area contributed by atoms with Crippen LogP contribution >= 0.6 is 11.6 Å². The number of ether oxygens (including phenoxy) is 1. The Bertz CT molecular complexity index is 863. The van der Waals surface area contributed by atoms with E-state index in [4.69, 9.17) is 16.3 Å². The van der Waals surface area contributed by atoms with Crippen LogP contribution in [0.2, 0.25) is 5.02 Å². The second-order valence-corrected chi connectivity index (χ2v) is 6.54. The average molecular weight is 367 g/mol. The first-order valence-electron chi connectivity index (χ1n) is 8.77. The molecule has 0 bridgehead atoms. The van der Waals surface area contributed by atoms with E-state index in [9.17, 15) is 0 Å². The number of hydrogen-bond acceptors (Lipinski definition) is 3. The molecule has 2 aromatic carbocycles. The Balaban J connectivity index is 1.98. The van der Waals surface area contributed by atoms with Crippen molar-refractivity contribution in [3.05, 3.63) is 76.6 Å². The minimum absolute atomic E-state index is 0.662. The first-order valence-corrected chi connectivity index (χ1v) is 9.15. The summed E-state index contributed by atoms with van der Waals surface area (Å²) >= 11 is 6.23. The van der Waals surface area contributed by atoms with E-state index in [1.165, 1.54) is 5.57 Å². The lowest BCUT2D eigenvalue weighted by molar-refractivity contribution is 0.408. The minimum atomic E-state index is 0.662. The quantitative estimate of drug-likeness (QED) is 0.442. The van der Waals surface area contributed by atoms with Crippen molar-refractivity contribution in [1.82, 2.24) is 0 Å². The maximum Gasteiger partial charge on any atom is 0.199 e. The highest BCUT2D eigenvalue weighted by Gasteiger charge is 2.25. The summed E-state index contributed by atoms with van der Waals surface area (Å²) < 4.78 is 6.40. The Labute approximate surface area is 160 Å². The molecule has 0 unspecified atom stereocenters. The molecule has 0 amide bonds. The van der Waals surface area contributed by atoms with Crippen LogP contribution in [0.15, 0.2) is 71.1 Å². The SMILES string of the molecule is CC=N/C(=C\C)c1cc(Cl)ccc1OC(=C1CC1)N(C)c1ccccc1. The Morgan fingerprint density at radius 3 is 2.46 bits per heavy atom. The summed E-state index contributed by atoms with van der Waals surface area (Å²) in [4.78, 5) is 6.55. The normalized spacial score (nSPS) is 13.8. The molecule has 134 valence electrons. The van der Waals surface area contributed by atoms with Crippen molar-refractivity contribution in [3.63, 3.8) is 0 Å². The molecule has 2 aromatic rings. The molecule has 0 aromatic heterocycles. The highest BCUT2D eigenvalue weighted by molar-refractivity contribution is 6.30. The van der Waals surface area contributed by atoms with E-state index < -0.39 is 0 Å². The van der Waals surface area contributed by atoms with Gasteiger partial charge in [0, 0.05) is 29.5 Å². The minimum Gasteiger partial charge on any atom is -0.440 e. The first-order chi connectivity index (χ1) is 12.6. The van der Waals surface area contributed by atoms with Gasteiger partial charge >= 0.3 is 0 Å². The fourth-order valence-corrected chi connectivity index (χ4v) is 2.93. The van der Waals surface area contributed by atoms with Crippen LogP contribution in [0.1, 0.15) is 32.3 Å². The van der Waals surface area contributed by atoms with E-state index in [1.807, 2.05) is 63.4 Å². The lowest BCUT2D eigenvalue weighted by Crippen LogP contribution is -2.21. The molecule has 0 saturated heterocycles. The molecule has 1 aliphatic carbocycles. The Hall–Kier alpha value is -2.52. The van der Waals surface area contributed by atoms with E-state index in [-0.39, 0.29) is 0 Å². The second kappa shape index (κ2) is 8.24. The van der Waals surface area contributed by atoms with Crippen LogP contribution in [0.3, 0.4) is 0 Å². The number of hydrogen-bond donors (Lipinski definition) is 0. The van der Waals surface area contributed by atoms with Gasteiger partial charge in [-0.15, -0.1) is 0 Å². The van der Waals surface area contributed by atoms with Crippen LogP contribution in [0.4, 0.5) is 5.69 Å². The van der Waals surface area contributed by atoms with Crippen molar-refractivity contribution in [2.75, 3.05) is 11.9 Å². The summed E-state index contributed by atoms with van der Waals surface area (Å²) in [7, 11) is 2.03. The Kier molecular flexibility index (Phi) is 5.79. The number of para-hydroxylation sites is 1. The van der Waals surface area contributed by atoms with E-state index in [0.717, 1.165) is 41.4 Å². The van der Waals surface area contributed by atoms with Crippen molar-refractivity contribution in [3.8, 4) is 5.75 Å². The Morgan fingerprint density at radius 1 is 1.12 bits per heavy atom. The number of allylic oxidation sites excluding steroid dienone is 2. The van der Waals surface area contributed by atoms with Crippen molar-refractivity contribution < 1.29 is 4.74 Å².